The third-order valence-electron chi connectivity index (χ3n) is 7.30. The number of benzene rings is 3. The molecule has 38 heavy (non-hydrogen) atoms. The predicted octanol–water partition coefficient (Wildman–Crippen LogP) is 4.26. The molecule has 8 nitrogen and oxygen atoms in total. The first kappa shape index (κ1) is 24.2. The van der Waals surface area contributed by atoms with E-state index in [0.717, 1.165) is 16.7 Å². The topological polar surface area (TPSA) is 105 Å². The Bertz CT molecular complexity index is 1410. The number of imidazole rings is 1. The van der Waals surface area contributed by atoms with Gasteiger partial charge in [-0.25, -0.2) is 15.0 Å². The van der Waals surface area contributed by atoms with E-state index in [1.165, 1.54) is 6.33 Å². The second kappa shape index (κ2) is 9.98. The first-order chi connectivity index (χ1) is 18.6. The van der Waals surface area contributed by atoms with Crippen LogP contribution in [-0.4, -0.2) is 48.0 Å². The highest BCUT2D eigenvalue weighted by Crippen LogP contribution is 2.41. The van der Waals surface area contributed by atoms with E-state index in [1.807, 2.05) is 61.5 Å². The van der Waals surface area contributed by atoms with Crippen molar-refractivity contribution in [1.29, 1.82) is 0 Å². The standard InChI is InChI=1S/C30H29N5O3/c1-2-23-25(36)26(37)29(38-23)35-19-33-24-27(31-18-32-28(24)35)34-30(20-12-6-3-7-13-20,21-14-8-4-9-15-21)22-16-10-5-11-17-22/h3-19,23,25-26,29,36-37H,2H2,1H3,(H,31,32,34)/t23-,25+,26?,29-/m1/s1. The normalized spacial score (nSPS) is 21.6. The molecule has 8 heteroatoms. The van der Waals surface area contributed by atoms with Gasteiger partial charge in [0.15, 0.2) is 23.2 Å². The van der Waals surface area contributed by atoms with Crippen molar-refractivity contribution in [1.82, 2.24) is 19.5 Å². The summed E-state index contributed by atoms with van der Waals surface area (Å²) in [6.07, 6.45) is 0.294. The maximum absolute atomic E-state index is 10.7. The summed E-state index contributed by atoms with van der Waals surface area (Å²) in [6, 6.07) is 30.7. The predicted molar refractivity (Wildman–Crippen MR) is 144 cm³/mol. The SMILES string of the molecule is CC[C@H]1O[C@@H](n2cnc3c(NC(c4ccccc4)(c4ccccc4)c4ccccc4)ncnc32)C(O)[C@H]1O. The zero-order valence-electron chi connectivity index (χ0n) is 20.9. The molecule has 3 aromatic carbocycles. The number of nitrogens with zero attached hydrogens (tertiary/aromatic N) is 4. The summed E-state index contributed by atoms with van der Waals surface area (Å²) in [7, 11) is 0. The minimum Gasteiger partial charge on any atom is -0.388 e. The Morgan fingerprint density at radius 2 is 1.34 bits per heavy atom. The molecule has 0 saturated carbocycles. The summed E-state index contributed by atoms with van der Waals surface area (Å²) in [4.78, 5) is 13.7. The number of aliphatic hydroxyl groups is 2. The van der Waals surface area contributed by atoms with Crippen LogP contribution in [0.5, 0.6) is 0 Å². The van der Waals surface area contributed by atoms with Crippen molar-refractivity contribution in [2.75, 3.05) is 5.32 Å². The van der Waals surface area contributed by atoms with E-state index in [2.05, 4.69) is 56.7 Å². The Kier molecular flexibility index (Phi) is 6.37. The molecule has 192 valence electrons. The molecule has 0 bridgehead atoms. The average Bonchev–Trinajstić information content (AvgIpc) is 3.54. The van der Waals surface area contributed by atoms with Gasteiger partial charge >= 0.3 is 0 Å². The Morgan fingerprint density at radius 1 is 0.789 bits per heavy atom. The van der Waals surface area contributed by atoms with Gasteiger partial charge in [-0.2, -0.15) is 0 Å². The lowest BCUT2D eigenvalue weighted by Gasteiger charge is -2.37. The molecule has 0 aliphatic carbocycles. The molecule has 1 unspecified atom stereocenters. The molecule has 4 atom stereocenters. The Hall–Kier alpha value is -4.11. The number of aromatic nitrogens is 4. The van der Waals surface area contributed by atoms with Crippen molar-refractivity contribution >= 4 is 17.0 Å². The minimum atomic E-state index is -1.10. The van der Waals surface area contributed by atoms with Crippen LogP contribution in [0.4, 0.5) is 5.82 Å². The molecule has 6 rings (SSSR count). The van der Waals surface area contributed by atoms with E-state index in [0.29, 0.717) is 23.4 Å². The molecule has 0 spiro atoms. The second-order valence-electron chi connectivity index (χ2n) is 9.47. The molecule has 0 amide bonds. The fourth-order valence-corrected chi connectivity index (χ4v) is 5.38. The maximum Gasteiger partial charge on any atom is 0.167 e. The van der Waals surface area contributed by atoms with Gasteiger partial charge in [0.25, 0.3) is 0 Å². The van der Waals surface area contributed by atoms with E-state index < -0.39 is 30.1 Å². The van der Waals surface area contributed by atoms with E-state index in [-0.39, 0.29) is 0 Å². The molecular weight excluding hydrogens is 478 g/mol. The lowest BCUT2D eigenvalue weighted by molar-refractivity contribution is -0.0355. The van der Waals surface area contributed by atoms with Crippen molar-refractivity contribution < 1.29 is 14.9 Å². The van der Waals surface area contributed by atoms with Gasteiger partial charge in [0, 0.05) is 0 Å². The lowest BCUT2D eigenvalue weighted by atomic mass is 9.77. The summed E-state index contributed by atoms with van der Waals surface area (Å²) in [5.41, 5.74) is 3.34. The number of fused-ring (bicyclic) bond motifs is 1. The molecule has 0 radical (unpaired) electrons. The first-order valence-corrected chi connectivity index (χ1v) is 12.8. The number of nitrogens with one attached hydrogen (secondary N) is 1. The molecule has 1 fully saturated rings. The number of hydrogen-bond donors (Lipinski definition) is 3. The van der Waals surface area contributed by atoms with Crippen LogP contribution in [0.3, 0.4) is 0 Å². The van der Waals surface area contributed by atoms with Gasteiger partial charge in [0.1, 0.15) is 24.1 Å². The second-order valence-corrected chi connectivity index (χ2v) is 9.47. The highest BCUT2D eigenvalue weighted by atomic mass is 16.6. The highest BCUT2D eigenvalue weighted by Gasteiger charge is 2.44. The fraction of sp³-hybridized carbons (Fsp3) is 0.233. The largest absolute Gasteiger partial charge is 0.388 e. The van der Waals surface area contributed by atoms with Gasteiger partial charge in [0.2, 0.25) is 0 Å². The number of hydrogen-bond acceptors (Lipinski definition) is 7. The molecular formula is C30H29N5O3. The van der Waals surface area contributed by atoms with Crippen LogP contribution in [0.15, 0.2) is 104 Å². The molecule has 3 heterocycles. The van der Waals surface area contributed by atoms with E-state index in [9.17, 15) is 10.2 Å². The van der Waals surface area contributed by atoms with Crippen molar-refractivity contribution in [3.8, 4) is 0 Å². The van der Waals surface area contributed by atoms with Gasteiger partial charge in [0.05, 0.1) is 12.4 Å². The number of ether oxygens (including phenoxy) is 1. The summed E-state index contributed by atoms with van der Waals surface area (Å²) in [6.45, 7) is 1.91. The van der Waals surface area contributed by atoms with Crippen LogP contribution in [0, 0.1) is 0 Å². The zero-order chi connectivity index (χ0) is 26.1. The third kappa shape index (κ3) is 3.94. The molecule has 1 aliphatic rings. The molecule has 2 aromatic heterocycles. The molecule has 1 saturated heterocycles. The quantitative estimate of drug-likeness (QED) is 0.283. The van der Waals surface area contributed by atoms with Gasteiger partial charge in [-0.3, -0.25) is 4.57 Å². The Morgan fingerprint density at radius 3 is 1.84 bits per heavy atom. The van der Waals surface area contributed by atoms with Crippen LogP contribution in [0.2, 0.25) is 0 Å². The Balaban J connectivity index is 1.52. The van der Waals surface area contributed by atoms with E-state index >= 15 is 0 Å². The number of anilines is 1. The van der Waals surface area contributed by atoms with Gasteiger partial charge in [-0.05, 0) is 23.1 Å². The number of aliphatic hydroxyl groups excluding tert-OH is 2. The monoisotopic (exact) mass is 507 g/mol. The molecule has 1 aliphatic heterocycles. The molecule has 5 aromatic rings. The summed E-state index contributed by atoms with van der Waals surface area (Å²) in [5.74, 6) is 0.533. The zero-order valence-corrected chi connectivity index (χ0v) is 20.9. The minimum absolute atomic E-state index is 0.464. The lowest BCUT2D eigenvalue weighted by Crippen LogP contribution is -2.38. The highest BCUT2D eigenvalue weighted by molar-refractivity contribution is 5.84. The van der Waals surface area contributed by atoms with Crippen molar-refractivity contribution in [2.24, 2.45) is 0 Å². The summed E-state index contributed by atoms with van der Waals surface area (Å²) >= 11 is 0. The fourth-order valence-electron chi connectivity index (χ4n) is 5.38. The van der Waals surface area contributed by atoms with Gasteiger partial charge in [-0.1, -0.05) is 97.9 Å². The molecule has 3 N–H and O–H groups in total. The Labute approximate surface area is 220 Å². The first-order valence-electron chi connectivity index (χ1n) is 12.8. The van der Waals surface area contributed by atoms with E-state index in [1.54, 1.807) is 10.9 Å². The number of rotatable bonds is 7. The average molecular weight is 508 g/mol. The third-order valence-corrected chi connectivity index (χ3v) is 7.30. The van der Waals surface area contributed by atoms with Crippen LogP contribution in [-0.2, 0) is 10.3 Å². The maximum atomic E-state index is 10.7. The van der Waals surface area contributed by atoms with E-state index in [4.69, 9.17) is 4.74 Å². The van der Waals surface area contributed by atoms with Crippen LogP contribution in [0.25, 0.3) is 11.2 Å². The smallest absolute Gasteiger partial charge is 0.167 e. The van der Waals surface area contributed by atoms with Gasteiger partial charge in [-0.15, -0.1) is 0 Å². The van der Waals surface area contributed by atoms with Crippen LogP contribution >= 0.6 is 0 Å². The summed E-state index contributed by atoms with van der Waals surface area (Å²) < 4.78 is 7.65. The van der Waals surface area contributed by atoms with Crippen molar-refractivity contribution in [3.05, 3.63) is 120 Å². The summed E-state index contributed by atoms with van der Waals surface area (Å²) in [5, 5.41) is 24.9. The van der Waals surface area contributed by atoms with Crippen molar-refractivity contribution in [2.45, 2.75) is 43.4 Å². The van der Waals surface area contributed by atoms with Crippen LogP contribution in [0.1, 0.15) is 36.3 Å². The van der Waals surface area contributed by atoms with Crippen molar-refractivity contribution in [3.63, 3.8) is 0 Å². The van der Waals surface area contributed by atoms with Gasteiger partial charge < -0.3 is 20.3 Å². The van der Waals surface area contributed by atoms with Crippen LogP contribution < -0.4 is 5.32 Å².